The molecule has 0 aliphatic heterocycles. The highest BCUT2D eigenvalue weighted by molar-refractivity contribution is 6.12. The van der Waals surface area contributed by atoms with Crippen LogP contribution in [0.1, 0.15) is 56.1 Å². The van der Waals surface area contributed by atoms with Crippen molar-refractivity contribution in [2.45, 2.75) is 45.6 Å². The van der Waals surface area contributed by atoms with Gasteiger partial charge in [-0.3, -0.25) is 0 Å². The largest absolute Gasteiger partial charge is 0.333 e. The fourth-order valence-corrected chi connectivity index (χ4v) is 9.27. The highest BCUT2D eigenvalue weighted by atomic mass is 15.0. The molecule has 3 aliphatic rings. The Morgan fingerprint density at radius 3 is 2.20 bits per heavy atom. The lowest BCUT2D eigenvalue weighted by atomic mass is 9.82. The average molecular weight is 633 g/mol. The van der Waals surface area contributed by atoms with Crippen molar-refractivity contribution in [3.05, 3.63) is 154 Å². The summed E-state index contributed by atoms with van der Waals surface area (Å²) in [5.74, 6) is 0.809. The molecule has 2 heteroatoms. The van der Waals surface area contributed by atoms with Gasteiger partial charge in [0.1, 0.15) is 0 Å². The van der Waals surface area contributed by atoms with Crippen molar-refractivity contribution >= 4 is 40.0 Å². The number of hydrogen-bond acceptors (Lipinski definition) is 0. The van der Waals surface area contributed by atoms with Gasteiger partial charge >= 0.3 is 0 Å². The summed E-state index contributed by atoms with van der Waals surface area (Å²) in [6, 6.07) is 43.1. The number of fused-ring (bicyclic) bond motifs is 9. The van der Waals surface area contributed by atoms with E-state index in [-0.39, 0.29) is 11.5 Å². The van der Waals surface area contributed by atoms with Crippen molar-refractivity contribution in [3.63, 3.8) is 0 Å². The van der Waals surface area contributed by atoms with Crippen LogP contribution in [0, 0.1) is 11.8 Å². The standard InChI is InChI=1S/C47H40N2/c1-29-19-21-35-39-27-43(30(2)24-45(39)48(44(35)23-29)33-15-9-6-10-16-33)49-42-22-20-32(31-13-7-5-8-14-31)25-37(42)38-26-36-34-17-11-12-18-40(34)47(3,4)41(36)28-46(38)49/h5-22,24-30,43H,23H2,1-4H3. The number of hydrogen-bond donors (Lipinski definition) is 0. The molecule has 0 spiro atoms. The highest BCUT2D eigenvalue weighted by Crippen LogP contribution is 2.51. The van der Waals surface area contributed by atoms with E-state index in [1.807, 2.05) is 0 Å². The zero-order valence-corrected chi connectivity index (χ0v) is 28.6. The van der Waals surface area contributed by atoms with Crippen LogP contribution in [0.4, 0.5) is 0 Å². The maximum atomic E-state index is 2.67. The molecule has 7 aromatic rings. The quantitative estimate of drug-likeness (QED) is 0.183. The van der Waals surface area contributed by atoms with Gasteiger partial charge in [-0.15, -0.1) is 0 Å². The second-order valence-corrected chi connectivity index (χ2v) is 15.1. The summed E-state index contributed by atoms with van der Waals surface area (Å²) in [5.41, 5.74) is 14.7. The van der Waals surface area contributed by atoms with Crippen LogP contribution in [0.2, 0.25) is 0 Å². The number of benzene rings is 5. The number of para-hydroxylation sites is 1. The third kappa shape index (κ3) is 4.07. The Labute approximate surface area is 288 Å². The van der Waals surface area contributed by atoms with Gasteiger partial charge in [0.15, 0.2) is 0 Å². The van der Waals surface area contributed by atoms with Crippen LogP contribution in [0.5, 0.6) is 0 Å². The SMILES string of the molecule is CC1C=Cc2c(n(-c3ccccc3)c3c2=CC(n2c4ccc(-c5ccccc5)cc4c4cc5c(cc42)C(C)(C)c2ccccc2-5)C(C)C=3)C1. The highest BCUT2D eigenvalue weighted by Gasteiger charge is 2.37. The summed E-state index contributed by atoms with van der Waals surface area (Å²) < 4.78 is 5.21. The van der Waals surface area contributed by atoms with Crippen LogP contribution in [0.3, 0.4) is 0 Å². The van der Waals surface area contributed by atoms with E-state index in [4.69, 9.17) is 0 Å². The Morgan fingerprint density at radius 1 is 0.653 bits per heavy atom. The molecular weight excluding hydrogens is 593 g/mol. The molecule has 10 rings (SSSR count). The molecule has 0 amide bonds. The molecular formula is C47H40N2. The van der Waals surface area contributed by atoms with E-state index in [1.165, 1.54) is 82.7 Å². The number of rotatable bonds is 3. The van der Waals surface area contributed by atoms with E-state index in [2.05, 4.69) is 176 Å². The van der Waals surface area contributed by atoms with E-state index in [1.54, 1.807) is 0 Å². The molecule has 2 aromatic heterocycles. The van der Waals surface area contributed by atoms with Crippen molar-refractivity contribution in [1.82, 2.24) is 9.13 Å². The van der Waals surface area contributed by atoms with E-state index in [0.717, 1.165) is 6.42 Å². The second kappa shape index (κ2) is 10.3. The average Bonchev–Trinajstić information content (AvgIpc) is 3.69. The monoisotopic (exact) mass is 632 g/mol. The van der Waals surface area contributed by atoms with Crippen molar-refractivity contribution in [2.24, 2.45) is 11.8 Å². The van der Waals surface area contributed by atoms with Crippen LogP contribution in [0.15, 0.2) is 121 Å². The fourth-order valence-electron chi connectivity index (χ4n) is 9.27. The Hall–Kier alpha value is -5.34. The maximum Gasteiger partial charge on any atom is 0.0593 e. The predicted octanol–water partition coefficient (Wildman–Crippen LogP) is 10.2. The van der Waals surface area contributed by atoms with Gasteiger partial charge in [0.2, 0.25) is 0 Å². The van der Waals surface area contributed by atoms with Gasteiger partial charge in [0.05, 0.1) is 11.6 Å². The summed E-state index contributed by atoms with van der Waals surface area (Å²) in [6.45, 7) is 9.53. The molecule has 0 bridgehead atoms. The van der Waals surface area contributed by atoms with Gasteiger partial charge in [-0.1, -0.05) is 131 Å². The normalized spacial score (nSPS) is 20.0. The molecule has 2 heterocycles. The van der Waals surface area contributed by atoms with E-state index in [9.17, 15) is 0 Å². The van der Waals surface area contributed by atoms with E-state index in [0.29, 0.717) is 11.8 Å². The number of aromatic nitrogens is 2. The zero-order valence-electron chi connectivity index (χ0n) is 28.6. The lowest BCUT2D eigenvalue weighted by Crippen LogP contribution is -2.36. The minimum Gasteiger partial charge on any atom is -0.333 e. The first kappa shape index (κ1) is 28.7. The number of nitrogens with zero attached hydrogens (tertiary/aromatic N) is 2. The van der Waals surface area contributed by atoms with Crippen LogP contribution < -0.4 is 10.6 Å². The molecule has 5 aromatic carbocycles. The first-order valence-corrected chi connectivity index (χ1v) is 17.9. The molecule has 2 nitrogen and oxygen atoms in total. The Balaban J connectivity index is 1.27. The smallest absolute Gasteiger partial charge is 0.0593 e. The van der Waals surface area contributed by atoms with Gasteiger partial charge in [-0.05, 0) is 82.1 Å². The molecule has 3 aliphatic carbocycles. The lowest BCUT2D eigenvalue weighted by Gasteiger charge is -2.26. The van der Waals surface area contributed by atoms with Crippen molar-refractivity contribution in [2.75, 3.05) is 0 Å². The van der Waals surface area contributed by atoms with Gasteiger partial charge < -0.3 is 9.13 Å². The van der Waals surface area contributed by atoms with Crippen LogP contribution in [0.25, 0.3) is 68.0 Å². The Kier molecular flexibility index (Phi) is 6.04. The molecule has 0 saturated carbocycles. The van der Waals surface area contributed by atoms with Crippen LogP contribution in [-0.2, 0) is 11.8 Å². The van der Waals surface area contributed by atoms with Gasteiger partial charge in [-0.2, -0.15) is 0 Å². The molecule has 3 atom stereocenters. The maximum absolute atomic E-state index is 2.67. The topological polar surface area (TPSA) is 9.86 Å². The van der Waals surface area contributed by atoms with Crippen LogP contribution >= 0.6 is 0 Å². The third-order valence-corrected chi connectivity index (χ3v) is 11.7. The van der Waals surface area contributed by atoms with Gasteiger partial charge in [0.25, 0.3) is 0 Å². The predicted molar refractivity (Wildman–Crippen MR) is 206 cm³/mol. The second-order valence-electron chi connectivity index (χ2n) is 15.1. The molecule has 0 N–H and O–H groups in total. The molecule has 3 unspecified atom stereocenters. The molecule has 238 valence electrons. The van der Waals surface area contributed by atoms with E-state index >= 15 is 0 Å². The van der Waals surface area contributed by atoms with Crippen molar-refractivity contribution in [3.8, 4) is 27.9 Å². The van der Waals surface area contributed by atoms with Crippen molar-refractivity contribution in [1.29, 1.82) is 0 Å². The first-order valence-electron chi connectivity index (χ1n) is 17.9. The summed E-state index contributed by atoms with van der Waals surface area (Å²) in [4.78, 5) is 0. The summed E-state index contributed by atoms with van der Waals surface area (Å²) in [6.07, 6.45) is 11.0. The van der Waals surface area contributed by atoms with Crippen LogP contribution in [-0.4, -0.2) is 9.13 Å². The fraction of sp³-hybridized carbons (Fsp3) is 0.191. The Bertz CT molecular complexity index is 2630. The number of allylic oxidation sites excluding steroid dienone is 1. The summed E-state index contributed by atoms with van der Waals surface area (Å²) in [7, 11) is 0. The van der Waals surface area contributed by atoms with E-state index < -0.39 is 0 Å². The lowest BCUT2D eigenvalue weighted by molar-refractivity contribution is 0.554. The molecule has 49 heavy (non-hydrogen) atoms. The van der Waals surface area contributed by atoms with Crippen molar-refractivity contribution < 1.29 is 0 Å². The first-order chi connectivity index (χ1) is 23.9. The van der Waals surface area contributed by atoms with Gasteiger partial charge in [0, 0.05) is 55.1 Å². The Morgan fingerprint density at radius 2 is 1.39 bits per heavy atom. The summed E-state index contributed by atoms with van der Waals surface area (Å²) >= 11 is 0. The third-order valence-electron chi connectivity index (χ3n) is 11.7. The molecule has 0 saturated heterocycles. The molecule has 0 fully saturated rings. The zero-order chi connectivity index (χ0) is 33.0. The molecule has 0 radical (unpaired) electrons. The summed E-state index contributed by atoms with van der Waals surface area (Å²) in [5, 5.41) is 5.37. The minimum absolute atomic E-state index is 0.0642. The van der Waals surface area contributed by atoms with Gasteiger partial charge in [-0.25, -0.2) is 0 Å². The minimum atomic E-state index is -0.0642.